The lowest BCUT2D eigenvalue weighted by molar-refractivity contribution is 0.0594. The SMILES string of the molecule is COCc1cc(Cn2cc(C(=O)OC)nn2)no1. The van der Waals surface area contributed by atoms with Crippen molar-refractivity contribution in [2.24, 2.45) is 0 Å². The van der Waals surface area contributed by atoms with Crippen LogP contribution in [0.3, 0.4) is 0 Å². The first-order valence-electron chi connectivity index (χ1n) is 5.14. The molecule has 0 atom stereocenters. The molecule has 0 aliphatic heterocycles. The Morgan fingerprint density at radius 3 is 3.06 bits per heavy atom. The number of carbonyl (C=O) groups is 1. The lowest BCUT2D eigenvalue weighted by atomic mass is 10.3. The van der Waals surface area contributed by atoms with E-state index in [1.807, 2.05) is 0 Å². The highest BCUT2D eigenvalue weighted by atomic mass is 16.5. The van der Waals surface area contributed by atoms with Crippen LogP contribution in [0.25, 0.3) is 0 Å². The van der Waals surface area contributed by atoms with Gasteiger partial charge in [0.2, 0.25) is 0 Å². The smallest absolute Gasteiger partial charge is 0.360 e. The van der Waals surface area contributed by atoms with Gasteiger partial charge in [-0.2, -0.15) is 0 Å². The second kappa shape index (κ2) is 5.41. The minimum absolute atomic E-state index is 0.151. The molecule has 2 heterocycles. The van der Waals surface area contributed by atoms with E-state index < -0.39 is 5.97 Å². The number of hydrogen-bond acceptors (Lipinski definition) is 7. The molecule has 0 radical (unpaired) electrons. The molecule has 8 nitrogen and oxygen atoms in total. The van der Waals surface area contributed by atoms with Gasteiger partial charge in [-0.05, 0) is 0 Å². The molecule has 0 aliphatic rings. The van der Waals surface area contributed by atoms with Crippen LogP contribution in [0.4, 0.5) is 0 Å². The van der Waals surface area contributed by atoms with Gasteiger partial charge in [-0.25, -0.2) is 9.48 Å². The monoisotopic (exact) mass is 252 g/mol. The minimum Gasteiger partial charge on any atom is -0.464 e. The highest BCUT2D eigenvalue weighted by Gasteiger charge is 2.12. The van der Waals surface area contributed by atoms with Crippen LogP contribution in [0, 0.1) is 0 Å². The van der Waals surface area contributed by atoms with Gasteiger partial charge in [-0.3, -0.25) is 0 Å². The Morgan fingerprint density at radius 1 is 1.50 bits per heavy atom. The fourth-order valence-corrected chi connectivity index (χ4v) is 1.38. The molecule has 0 saturated carbocycles. The van der Waals surface area contributed by atoms with Crippen molar-refractivity contribution < 1.29 is 18.8 Å². The number of ether oxygens (including phenoxy) is 2. The summed E-state index contributed by atoms with van der Waals surface area (Å²) in [7, 11) is 2.86. The summed E-state index contributed by atoms with van der Waals surface area (Å²) in [6.07, 6.45) is 1.48. The van der Waals surface area contributed by atoms with E-state index in [1.165, 1.54) is 18.0 Å². The predicted molar refractivity (Wildman–Crippen MR) is 57.7 cm³/mol. The van der Waals surface area contributed by atoms with E-state index in [4.69, 9.17) is 9.26 Å². The van der Waals surface area contributed by atoms with Gasteiger partial charge in [0.1, 0.15) is 12.3 Å². The number of carbonyl (C=O) groups excluding carboxylic acids is 1. The quantitative estimate of drug-likeness (QED) is 0.704. The van der Waals surface area contributed by atoms with Gasteiger partial charge in [0.25, 0.3) is 0 Å². The Hall–Kier alpha value is -2.22. The van der Waals surface area contributed by atoms with Crippen molar-refractivity contribution in [2.45, 2.75) is 13.2 Å². The lowest BCUT2D eigenvalue weighted by Gasteiger charge is -1.93. The third-order valence-electron chi connectivity index (χ3n) is 2.15. The molecule has 0 unspecified atom stereocenters. The molecular formula is C10H12N4O4. The predicted octanol–water partition coefficient (Wildman–Crippen LogP) is 0.247. The maximum Gasteiger partial charge on any atom is 0.360 e. The van der Waals surface area contributed by atoms with Gasteiger partial charge in [-0.15, -0.1) is 5.10 Å². The fraction of sp³-hybridized carbons (Fsp3) is 0.400. The van der Waals surface area contributed by atoms with Gasteiger partial charge in [0.15, 0.2) is 11.5 Å². The van der Waals surface area contributed by atoms with E-state index >= 15 is 0 Å². The fourth-order valence-electron chi connectivity index (χ4n) is 1.38. The van der Waals surface area contributed by atoms with Gasteiger partial charge >= 0.3 is 5.97 Å². The Kier molecular flexibility index (Phi) is 3.68. The highest BCUT2D eigenvalue weighted by molar-refractivity contribution is 5.86. The number of rotatable bonds is 5. The van der Waals surface area contributed by atoms with Crippen LogP contribution in [0.15, 0.2) is 16.8 Å². The normalized spacial score (nSPS) is 10.6. The summed E-state index contributed by atoms with van der Waals surface area (Å²) in [5, 5.41) is 11.3. The van der Waals surface area contributed by atoms with Gasteiger partial charge in [0, 0.05) is 13.2 Å². The minimum atomic E-state index is -0.526. The molecule has 0 spiro atoms. The molecule has 0 aliphatic carbocycles. The zero-order valence-electron chi connectivity index (χ0n) is 9.99. The zero-order valence-corrected chi connectivity index (χ0v) is 9.99. The van der Waals surface area contributed by atoms with E-state index in [1.54, 1.807) is 13.2 Å². The van der Waals surface area contributed by atoms with Crippen molar-refractivity contribution >= 4 is 5.97 Å². The summed E-state index contributed by atoms with van der Waals surface area (Å²) < 4.78 is 15.9. The Bertz CT molecular complexity index is 533. The Labute approximate surface area is 102 Å². The first-order chi connectivity index (χ1) is 8.72. The van der Waals surface area contributed by atoms with Crippen LogP contribution >= 0.6 is 0 Å². The van der Waals surface area contributed by atoms with Gasteiger partial charge in [-0.1, -0.05) is 10.4 Å². The molecule has 8 heteroatoms. The third kappa shape index (κ3) is 2.72. The molecular weight excluding hydrogens is 240 g/mol. The number of aromatic nitrogens is 4. The summed E-state index contributed by atoms with van der Waals surface area (Å²) in [4.78, 5) is 11.2. The standard InChI is InChI=1S/C10H12N4O4/c1-16-6-8-3-7(12-18-8)4-14-5-9(11-13-14)10(15)17-2/h3,5H,4,6H2,1-2H3. The van der Waals surface area contributed by atoms with Gasteiger partial charge in [0.05, 0.1) is 19.9 Å². The summed E-state index contributed by atoms with van der Waals surface area (Å²) in [6, 6.07) is 1.75. The molecule has 2 aromatic rings. The third-order valence-corrected chi connectivity index (χ3v) is 2.15. The van der Waals surface area contributed by atoms with Crippen LogP contribution < -0.4 is 0 Å². The van der Waals surface area contributed by atoms with E-state index in [9.17, 15) is 4.79 Å². The molecule has 2 aromatic heterocycles. The first-order valence-corrected chi connectivity index (χ1v) is 5.14. The second-order valence-corrected chi connectivity index (χ2v) is 3.51. The largest absolute Gasteiger partial charge is 0.464 e. The van der Waals surface area contributed by atoms with Crippen molar-refractivity contribution in [3.63, 3.8) is 0 Å². The molecule has 0 N–H and O–H groups in total. The molecule has 0 bridgehead atoms. The van der Waals surface area contributed by atoms with Crippen LogP contribution in [0.2, 0.25) is 0 Å². The van der Waals surface area contributed by atoms with Crippen molar-refractivity contribution in [1.82, 2.24) is 20.2 Å². The molecule has 2 rings (SSSR count). The van der Waals surface area contributed by atoms with Crippen molar-refractivity contribution in [3.05, 3.63) is 29.4 Å². The number of esters is 1. The highest BCUT2D eigenvalue weighted by Crippen LogP contribution is 2.06. The number of methoxy groups -OCH3 is 2. The zero-order chi connectivity index (χ0) is 13.0. The molecule has 0 saturated heterocycles. The maximum atomic E-state index is 11.2. The summed E-state index contributed by atoms with van der Waals surface area (Å²) >= 11 is 0. The van der Waals surface area contributed by atoms with Gasteiger partial charge < -0.3 is 14.0 Å². The van der Waals surface area contributed by atoms with E-state index in [2.05, 4.69) is 20.2 Å². The van der Waals surface area contributed by atoms with Crippen LogP contribution in [-0.4, -0.2) is 40.3 Å². The average Bonchev–Trinajstić information content (AvgIpc) is 2.99. The Balaban J connectivity index is 2.04. The average molecular weight is 252 g/mol. The lowest BCUT2D eigenvalue weighted by Crippen LogP contribution is -2.02. The van der Waals surface area contributed by atoms with Crippen LogP contribution in [0.5, 0.6) is 0 Å². The topological polar surface area (TPSA) is 92.3 Å². The number of nitrogens with zero attached hydrogens (tertiary/aromatic N) is 4. The van der Waals surface area contributed by atoms with E-state index in [0.29, 0.717) is 24.6 Å². The molecule has 0 aromatic carbocycles. The van der Waals surface area contributed by atoms with Crippen molar-refractivity contribution in [2.75, 3.05) is 14.2 Å². The molecule has 0 amide bonds. The van der Waals surface area contributed by atoms with Crippen molar-refractivity contribution in [3.8, 4) is 0 Å². The summed E-state index contributed by atoms with van der Waals surface area (Å²) in [5.74, 6) is 0.0993. The first kappa shape index (κ1) is 12.2. The number of hydrogen-bond donors (Lipinski definition) is 0. The molecule has 96 valence electrons. The molecule has 18 heavy (non-hydrogen) atoms. The van der Waals surface area contributed by atoms with Crippen molar-refractivity contribution in [1.29, 1.82) is 0 Å². The maximum absolute atomic E-state index is 11.2. The van der Waals surface area contributed by atoms with E-state index in [0.717, 1.165) is 0 Å². The van der Waals surface area contributed by atoms with E-state index in [-0.39, 0.29) is 5.69 Å². The Morgan fingerprint density at radius 2 is 2.33 bits per heavy atom. The van der Waals surface area contributed by atoms with Crippen LogP contribution in [0.1, 0.15) is 21.9 Å². The summed E-state index contributed by atoms with van der Waals surface area (Å²) in [6.45, 7) is 0.717. The molecule has 0 fully saturated rings. The van der Waals surface area contributed by atoms with Crippen LogP contribution in [-0.2, 0) is 22.6 Å². The second-order valence-electron chi connectivity index (χ2n) is 3.51. The summed E-state index contributed by atoms with van der Waals surface area (Å²) in [5.41, 5.74) is 0.821.